The Bertz CT molecular complexity index is 650. The summed E-state index contributed by atoms with van der Waals surface area (Å²) in [6.45, 7) is 3.15. The molecule has 0 saturated carbocycles. The van der Waals surface area contributed by atoms with E-state index in [1.807, 2.05) is 31.4 Å². The van der Waals surface area contributed by atoms with E-state index in [1.165, 1.54) is 11.9 Å². The quantitative estimate of drug-likeness (QED) is 0.781. The van der Waals surface area contributed by atoms with E-state index in [0.717, 1.165) is 27.9 Å². The van der Waals surface area contributed by atoms with Gasteiger partial charge in [-0.1, -0.05) is 18.0 Å². The fourth-order valence-corrected chi connectivity index (χ4v) is 2.59. The predicted octanol–water partition coefficient (Wildman–Crippen LogP) is 4.70. The highest BCUT2D eigenvalue weighted by Gasteiger charge is 2.14. The lowest BCUT2D eigenvalue weighted by atomic mass is 9.99. The van der Waals surface area contributed by atoms with Gasteiger partial charge in [0.15, 0.2) is 0 Å². The molecule has 118 valence electrons. The van der Waals surface area contributed by atoms with Gasteiger partial charge >= 0.3 is 0 Å². The lowest BCUT2D eigenvalue weighted by molar-refractivity contribution is 0.0818. The molecule has 0 spiro atoms. The molecule has 0 unspecified atom stereocenters. The number of alkyl halides is 2. The first-order chi connectivity index (χ1) is 10.5. The molecule has 0 radical (unpaired) electrons. The van der Waals surface area contributed by atoms with Crippen molar-refractivity contribution >= 4 is 17.6 Å². The molecular weight excluding hydrogens is 306 g/mol. The molecule has 1 aromatic heterocycles. The van der Waals surface area contributed by atoms with Gasteiger partial charge in [0.25, 0.3) is 6.43 Å². The van der Waals surface area contributed by atoms with Crippen LogP contribution in [0.25, 0.3) is 11.1 Å². The summed E-state index contributed by atoms with van der Waals surface area (Å²) < 4.78 is 33.4. The summed E-state index contributed by atoms with van der Waals surface area (Å²) >= 11 is 1.51. The molecule has 3 nitrogen and oxygen atoms in total. The van der Waals surface area contributed by atoms with Crippen LogP contribution >= 0.6 is 11.9 Å². The van der Waals surface area contributed by atoms with Crippen molar-refractivity contribution in [2.24, 2.45) is 0 Å². The van der Waals surface area contributed by atoms with Gasteiger partial charge in [0.05, 0.1) is 0 Å². The first-order valence-electron chi connectivity index (χ1n) is 6.78. The Morgan fingerprint density at radius 1 is 1.18 bits per heavy atom. The third-order valence-electron chi connectivity index (χ3n) is 3.16. The van der Waals surface area contributed by atoms with Crippen molar-refractivity contribution in [2.45, 2.75) is 20.3 Å². The highest BCUT2D eigenvalue weighted by atomic mass is 32.2. The third-order valence-corrected chi connectivity index (χ3v) is 3.60. The van der Waals surface area contributed by atoms with Crippen molar-refractivity contribution in [1.29, 1.82) is 0 Å². The van der Waals surface area contributed by atoms with Crippen LogP contribution in [0.15, 0.2) is 30.6 Å². The van der Waals surface area contributed by atoms with E-state index in [-0.39, 0.29) is 0 Å². The zero-order valence-electron chi connectivity index (χ0n) is 12.7. The van der Waals surface area contributed by atoms with Gasteiger partial charge in [-0.05, 0) is 37.1 Å². The number of benzene rings is 1. The zero-order chi connectivity index (χ0) is 16.1. The van der Waals surface area contributed by atoms with Gasteiger partial charge in [0, 0.05) is 35.5 Å². The van der Waals surface area contributed by atoms with Crippen LogP contribution in [0.2, 0.25) is 0 Å². The highest BCUT2D eigenvalue weighted by Crippen LogP contribution is 2.35. The summed E-state index contributed by atoms with van der Waals surface area (Å²) in [5.74, 6) is 0.462. The average molecular weight is 324 g/mol. The maximum Gasteiger partial charge on any atom is 0.272 e. The van der Waals surface area contributed by atoms with Crippen molar-refractivity contribution < 1.29 is 13.5 Å². The average Bonchev–Trinajstić information content (AvgIpc) is 2.46. The molecule has 2 aromatic rings. The SMILES string of the molecule is CSNc1ccc(-c2cncc(C)c2OCC(F)F)c(C)c1. The van der Waals surface area contributed by atoms with Crippen LogP contribution in [0.3, 0.4) is 0 Å². The van der Waals surface area contributed by atoms with Crippen LogP contribution < -0.4 is 9.46 Å². The molecule has 1 N–H and O–H groups in total. The molecular formula is C16H18F2N2OS. The number of hydrogen-bond donors (Lipinski definition) is 1. The van der Waals surface area contributed by atoms with Crippen LogP contribution in [0, 0.1) is 13.8 Å². The molecule has 0 fully saturated rings. The van der Waals surface area contributed by atoms with E-state index < -0.39 is 13.0 Å². The van der Waals surface area contributed by atoms with Gasteiger partial charge in [0.1, 0.15) is 12.4 Å². The molecule has 0 aliphatic rings. The summed E-state index contributed by atoms with van der Waals surface area (Å²) in [6.07, 6.45) is 2.71. The summed E-state index contributed by atoms with van der Waals surface area (Å²) in [5, 5.41) is 0. The van der Waals surface area contributed by atoms with Gasteiger partial charge in [0.2, 0.25) is 0 Å². The van der Waals surface area contributed by atoms with E-state index in [0.29, 0.717) is 5.75 Å². The molecule has 6 heteroatoms. The maximum atomic E-state index is 12.5. The van der Waals surface area contributed by atoms with Gasteiger partial charge in [-0.3, -0.25) is 4.98 Å². The Kier molecular flexibility index (Phi) is 5.60. The van der Waals surface area contributed by atoms with Gasteiger partial charge < -0.3 is 9.46 Å². The predicted molar refractivity (Wildman–Crippen MR) is 87.8 cm³/mol. The summed E-state index contributed by atoms with van der Waals surface area (Å²) in [5.41, 5.74) is 4.41. The molecule has 22 heavy (non-hydrogen) atoms. The van der Waals surface area contributed by atoms with Crippen LogP contribution in [0.5, 0.6) is 5.75 Å². The summed E-state index contributed by atoms with van der Waals surface area (Å²) in [7, 11) is 0. The van der Waals surface area contributed by atoms with Gasteiger partial charge in [-0.25, -0.2) is 8.78 Å². The number of rotatable bonds is 6. The van der Waals surface area contributed by atoms with Crippen molar-refractivity contribution in [3.05, 3.63) is 41.7 Å². The fraction of sp³-hybridized carbons (Fsp3) is 0.312. The minimum Gasteiger partial charge on any atom is -0.487 e. The molecule has 0 amide bonds. The smallest absolute Gasteiger partial charge is 0.272 e. The van der Waals surface area contributed by atoms with Gasteiger partial charge in [-0.2, -0.15) is 0 Å². The van der Waals surface area contributed by atoms with E-state index in [2.05, 4.69) is 9.71 Å². The van der Waals surface area contributed by atoms with Crippen LogP contribution in [0.4, 0.5) is 14.5 Å². The van der Waals surface area contributed by atoms with Crippen molar-refractivity contribution in [1.82, 2.24) is 4.98 Å². The standard InChI is InChI=1S/C16H18F2N2OS/c1-10-6-12(20-22-3)4-5-13(10)14-8-19-7-11(2)16(14)21-9-15(17)18/h4-8,15,20H,9H2,1-3H3. The second-order valence-electron chi connectivity index (χ2n) is 4.87. The number of nitrogens with zero attached hydrogens (tertiary/aromatic N) is 1. The Morgan fingerprint density at radius 2 is 1.95 bits per heavy atom. The van der Waals surface area contributed by atoms with Crippen LogP contribution in [0.1, 0.15) is 11.1 Å². The molecule has 1 aromatic carbocycles. The Labute approximate surface area is 133 Å². The van der Waals surface area contributed by atoms with Crippen LogP contribution in [-0.4, -0.2) is 24.3 Å². The first-order valence-corrected chi connectivity index (χ1v) is 8.01. The highest BCUT2D eigenvalue weighted by molar-refractivity contribution is 7.99. The molecule has 1 heterocycles. The molecule has 0 saturated heterocycles. The Balaban J connectivity index is 2.41. The molecule has 0 aliphatic heterocycles. The number of aryl methyl sites for hydroxylation is 2. The normalized spacial score (nSPS) is 10.8. The summed E-state index contributed by atoms with van der Waals surface area (Å²) in [4.78, 5) is 4.16. The van der Waals surface area contributed by atoms with Gasteiger partial charge in [-0.15, -0.1) is 0 Å². The Hall–Kier alpha value is -1.82. The van der Waals surface area contributed by atoms with E-state index in [9.17, 15) is 8.78 Å². The number of pyridine rings is 1. The topological polar surface area (TPSA) is 34.2 Å². The number of hydrogen-bond acceptors (Lipinski definition) is 4. The maximum absolute atomic E-state index is 12.5. The van der Waals surface area contributed by atoms with E-state index in [4.69, 9.17) is 4.74 Å². The van der Waals surface area contributed by atoms with E-state index in [1.54, 1.807) is 19.3 Å². The number of nitrogens with one attached hydrogen (secondary N) is 1. The number of aromatic nitrogens is 1. The summed E-state index contributed by atoms with van der Waals surface area (Å²) in [6, 6.07) is 5.89. The minimum atomic E-state index is -2.50. The second kappa shape index (κ2) is 7.45. The van der Waals surface area contributed by atoms with Crippen LogP contribution in [-0.2, 0) is 0 Å². The molecule has 0 atom stereocenters. The fourth-order valence-electron chi connectivity index (χ4n) is 2.23. The lowest BCUT2D eigenvalue weighted by Crippen LogP contribution is -2.09. The van der Waals surface area contributed by atoms with Crippen molar-refractivity contribution in [3.8, 4) is 16.9 Å². The third kappa shape index (κ3) is 3.88. The monoisotopic (exact) mass is 324 g/mol. The number of halogens is 2. The van der Waals surface area contributed by atoms with E-state index >= 15 is 0 Å². The number of anilines is 1. The molecule has 2 rings (SSSR count). The largest absolute Gasteiger partial charge is 0.487 e. The second-order valence-corrected chi connectivity index (χ2v) is 5.48. The van der Waals surface area contributed by atoms with Crippen molar-refractivity contribution in [2.75, 3.05) is 17.6 Å². The van der Waals surface area contributed by atoms with Crippen molar-refractivity contribution in [3.63, 3.8) is 0 Å². The molecule has 0 bridgehead atoms. The Morgan fingerprint density at radius 3 is 2.59 bits per heavy atom. The lowest BCUT2D eigenvalue weighted by Gasteiger charge is -2.15. The first kappa shape index (κ1) is 16.5. The molecule has 0 aliphatic carbocycles. The minimum absolute atomic E-state index is 0.462. The zero-order valence-corrected chi connectivity index (χ0v) is 13.5. The number of ether oxygens (including phenoxy) is 1.